The molecule has 0 aliphatic rings. The highest BCUT2D eigenvalue weighted by Crippen LogP contribution is 2.09. The fourth-order valence-electron chi connectivity index (χ4n) is 1.09. The molecule has 0 saturated carbocycles. The maximum Gasteiger partial charge on any atom is 0.0505 e. The van der Waals surface area contributed by atoms with Crippen LogP contribution in [-0.4, -0.2) is 26.3 Å². The molecule has 0 aromatic carbocycles. The first-order chi connectivity index (χ1) is 5.57. The van der Waals surface area contributed by atoms with Gasteiger partial charge in [0.2, 0.25) is 0 Å². The highest BCUT2D eigenvalue weighted by atomic mass is 16.5. The van der Waals surface area contributed by atoms with Gasteiger partial charge < -0.3 is 10.1 Å². The summed E-state index contributed by atoms with van der Waals surface area (Å²) in [5, 5.41) is 3.43. The van der Waals surface area contributed by atoms with Crippen molar-refractivity contribution in [1.29, 1.82) is 0 Å². The summed E-state index contributed by atoms with van der Waals surface area (Å²) in [6.45, 7) is 10.7. The average molecular weight is 173 g/mol. The average Bonchev–Trinajstić information content (AvgIpc) is 1.96. The highest BCUT2D eigenvalue weighted by molar-refractivity contribution is 4.66. The van der Waals surface area contributed by atoms with Gasteiger partial charge in [-0.05, 0) is 11.8 Å². The van der Waals surface area contributed by atoms with Gasteiger partial charge in [-0.25, -0.2) is 0 Å². The van der Waals surface area contributed by atoms with Crippen LogP contribution in [0, 0.1) is 11.8 Å². The summed E-state index contributed by atoms with van der Waals surface area (Å²) in [6.07, 6.45) is 0. The van der Waals surface area contributed by atoms with Crippen LogP contribution in [0.15, 0.2) is 0 Å². The number of methoxy groups -OCH3 is 1. The van der Waals surface area contributed by atoms with E-state index < -0.39 is 0 Å². The van der Waals surface area contributed by atoms with E-state index in [9.17, 15) is 0 Å². The highest BCUT2D eigenvalue weighted by Gasteiger charge is 2.12. The number of ether oxygens (including phenoxy) is 1. The number of rotatable bonds is 6. The zero-order valence-electron chi connectivity index (χ0n) is 9.05. The Kier molecular flexibility index (Phi) is 6.39. The van der Waals surface area contributed by atoms with Crippen LogP contribution in [0.25, 0.3) is 0 Å². The van der Waals surface area contributed by atoms with Crippen molar-refractivity contribution in [3.63, 3.8) is 0 Å². The van der Waals surface area contributed by atoms with Gasteiger partial charge >= 0.3 is 0 Å². The molecule has 0 amide bonds. The van der Waals surface area contributed by atoms with Crippen LogP contribution in [0.4, 0.5) is 0 Å². The van der Waals surface area contributed by atoms with Gasteiger partial charge in [0.15, 0.2) is 0 Å². The minimum atomic E-state index is 0.572. The van der Waals surface area contributed by atoms with Crippen molar-refractivity contribution >= 4 is 0 Å². The first-order valence-electron chi connectivity index (χ1n) is 4.80. The Bertz CT molecular complexity index is 102. The first kappa shape index (κ1) is 11.9. The van der Waals surface area contributed by atoms with Gasteiger partial charge in [-0.15, -0.1) is 0 Å². The summed E-state index contributed by atoms with van der Waals surface area (Å²) in [6, 6.07) is 0.572. The Hall–Kier alpha value is -0.0800. The SMILES string of the molecule is COCC(CNC(C)C)C(C)C. The minimum absolute atomic E-state index is 0.572. The van der Waals surface area contributed by atoms with Gasteiger partial charge in [-0.1, -0.05) is 27.7 Å². The Balaban J connectivity index is 3.63. The summed E-state index contributed by atoms with van der Waals surface area (Å²) in [5.41, 5.74) is 0. The van der Waals surface area contributed by atoms with Gasteiger partial charge in [0, 0.05) is 19.7 Å². The molecule has 0 bridgehead atoms. The monoisotopic (exact) mass is 173 g/mol. The lowest BCUT2D eigenvalue weighted by molar-refractivity contribution is 0.127. The molecule has 0 heterocycles. The first-order valence-corrected chi connectivity index (χ1v) is 4.80. The summed E-state index contributed by atoms with van der Waals surface area (Å²) in [5.74, 6) is 1.33. The van der Waals surface area contributed by atoms with E-state index in [1.807, 2.05) is 0 Å². The van der Waals surface area contributed by atoms with Crippen LogP contribution in [0.3, 0.4) is 0 Å². The smallest absolute Gasteiger partial charge is 0.0505 e. The second kappa shape index (κ2) is 6.44. The largest absolute Gasteiger partial charge is 0.384 e. The molecule has 0 aliphatic carbocycles. The molecule has 74 valence electrons. The van der Waals surface area contributed by atoms with Crippen molar-refractivity contribution in [2.24, 2.45) is 11.8 Å². The third-order valence-electron chi connectivity index (χ3n) is 2.11. The standard InChI is InChI=1S/C10H23NO/c1-8(2)10(7-12-5)6-11-9(3)4/h8-11H,6-7H2,1-5H3. The van der Waals surface area contributed by atoms with Crippen LogP contribution < -0.4 is 5.32 Å². The molecule has 1 unspecified atom stereocenters. The summed E-state index contributed by atoms with van der Waals surface area (Å²) in [7, 11) is 1.77. The van der Waals surface area contributed by atoms with Gasteiger partial charge in [-0.2, -0.15) is 0 Å². The van der Waals surface area contributed by atoms with Gasteiger partial charge in [0.25, 0.3) is 0 Å². The Morgan fingerprint density at radius 2 is 1.75 bits per heavy atom. The van der Waals surface area contributed by atoms with E-state index in [-0.39, 0.29) is 0 Å². The topological polar surface area (TPSA) is 21.3 Å². The zero-order chi connectivity index (χ0) is 9.56. The third-order valence-corrected chi connectivity index (χ3v) is 2.11. The molecule has 0 fully saturated rings. The fourth-order valence-corrected chi connectivity index (χ4v) is 1.09. The van der Waals surface area contributed by atoms with Gasteiger partial charge in [-0.3, -0.25) is 0 Å². The summed E-state index contributed by atoms with van der Waals surface area (Å²) in [4.78, 5) is 0. The molecule has 0 aromatic heterocycles. The van der Waals surface area contributed by atoms with E-state index in [1.54, 1.807) is 7.11 Å². The Morgan fingerprint density at radius 3 is 2.08 bits per heavy atom. The molecule has 0 radical (unpaired) electrons. The maximum atomic E-state index is 5.16. The predicted octanol–water partition coefficient (Wildman–Crippen LogP) is 1.90. The molecular formula is C10H23NO. The number of nitrogens with one attached hydrogen (secondary N) is 1. The van der Waals surface area contributed by atoms with Gasteiger partial charge in [0.05, 0.1) is 6.61 Å². The van der Waals surface area contributed by atoms with Crippen molar-refractivity contribution in [3.05, 3.63) is 0 Å². The van der Waals surface area contributed by atoms with Crippen molar-refractivity contribution < 1.29 is 4.74 Å². The lowest BCUT2D eigenvalue weighted by atomic mass is 9.96. The van der Waals surface area contributed by atoms with Gasteiger partial charge in [0.1, 0.15) is 0 Å². The van der Waals surface area contributed by atoms with Crippen LogP contribution in [-0.2, 0) is 4.74 Å². The molecule has 0 rings (SSSR count). The van der Waals surface area contributed by atoms with E-state index >= 15 is 0 Å². The van der Waals surface area contributed by atoms with E-state index in [0.29, 0.717) is 17.9 Å². The second-order valence-electron chi connectivity index (χ2n) is 4.02. The normalized spacial score (nSPS) is 14.2. The Labute approximate surface area is 76.7 Å². The van der Waals surface area contributed by atoms with Crippen molar-refractivity contribution in [3.8, 4) is 0 Å². The van der Waals surface area contributed by atoms with E-state index in [4.69, 9.17) is 4.74 Å². The zero-order valence-corrected chi connectivity index (χ0v) is 9.05. The lowest BCUT2D eigenvalue weighted by Gasteiger charge is -2.21. The van der Waals surface area contributed by atoms with Crippen molar-refractivity contribution in [1.82, 2.24) is 5.32 Å². The predicted molar refractivity (Wildman–Crippen MR) is 53.3 cm³/mol. The van der Waals surface area contributed by atoms with Crippen molar-refractivity contribution in [2.45, 2.75) is 33.7 Å². The molecule has 0 aliphatic heterocycles. The number of hydrogen-bond donors (Lipinski definition) is 1. The Morgan fingerprint density at radius 1 is 1.17 bits per heavy atom. The molecular weight excluding hydrogens is 150 g/mol. The number of hydrogen-bond acceptors (Lipinski definition) is 2. The summed E-state index contributed by atoms with van der Waals surface area (Å²) >= 11 is 0. The maximum absolute atomic E-state index is 5.16. The minimum Gasteiger partial charge on any atom is -0.384 e. The second-order valence-corrected chi connectivity index (χ2v) is 4.02. The van der Waals surface area contributed by atoms with Crippen LogP contribution >= 0.6 is 0 Å². The molecule has 1 N–H and O–H groups in total. The third kappa shape index (κ3) is 5.56. The molecule has 0 saturated heterocycles. The molecule has 2 nitrogen and oxygen atoms in total. The molecule has 0 spiro atoms. The summed E-state index contributed by atoms with van der Waals surface area (Å²) < 4.78 is 5.16. The van der Waals surface area contributed by atoms with E-state index in [0.717, 1.165) is 13.2 Å². The fraction of sp³-hybridized carbons (Fsp3) is 1.00. The van der Waals surface area contributed by atoms with Crippen molar-refractivity contribution in [2.75, 3.05) is 20.3 Å². The van der Waals surface area contributed by atoms with Crippen LogP contribution in [0.1, 0.15) is 27.7 Å². The van der Waals surface area contributed by atoms with E-state index in [2.05, 4.69) is 33.0 Å². The molecule has 2 heteroatoms. The van der Waals surface area contributed by atoms with Crippen LogP contribution in [0.5, 0.6) is 0 Å². The molecule has 12 heavy (non-hydrogen) atoms. The quantitative estimate of drug-likeness (QED) is 0.662. The van der Waals surface area contributed by atoms with Crippen LogP contribution in [0.2, 0.25) is 0 Å². The van der Waals surface area contributed by atoms with E-state index in [1.165, 1.54) is 0 Å². The lowest BCUT2D eigenvalue weighted by Crippen LogP contribution is -2.33. The molecule has 1 atom stereocenters. The molecule has 0 aromatic rings.